The van der Waals surface area contributed by atoms with E-state index in [1.807, 2.05) is 0 Å². The first kappa shape index (κ1) is 14.5. The minimum absolute atomic E-state index is 0.295. The highest BCUT2D eigenvalue weighted by molar-refractivity contribution is 6.42. The average Bonchev–Trinajstić information content (AvgIpc) is 2.62. The molecular formula is C12H8Cl4N2O. The normalized spacial score (nSPS) is 10.6. The number of aromatic nitrogens is 1. The molecule has 2 rings (SSSR count). The van der Waals surface area contributed by atoms with Crippen molar-refractivity contribution in [3.63, 3.8) is 0 Å². The van der Waals surface area contributed by atoms with Gasteiger partial charge in [-0.15, -0.1) is 0 Å². The van der Waals surface area contributed by atoms with E-state index in [2.05, 4.69) is 5.32 Å². The first-order chi connectivity index (χ1) is 8.90. The summed E-state index contributed by atoms with van der Waals surface area (Å²) in [4.78, 5) is 12.1. The fourth-order valence-corrected chi connectivity index (χ4v) is 2.25. The van der Waals surface area contributed by atoms with Crippen molar-refractivity contribution in [3.05, 3.63) is 50.2 Å². The molecule has 0 aliphatic heterocycles. The summed E-state index contributed by atoms with van der Waals surface area (Å²) in [6, 6.07) is 6.28. The molecule has 3 nitrogen and oxygen atoms in total. The fourth-order valence-electron chi connectivity index (χ4n) is 1.54. The van der Waals surface area contributed by atoms with Gasteiger partial charge in [-0.25, -0.2) is 0 Å². The van der Waals surface area contributed by atoms with Crippen LogP contribution >= 0.6 is 46.4 Å². The van der Waals surface area contributed by atoms with Crippen LogP contribution in [0.15, 0.2) is 24.3 Å². The Hall–Kier alpha value is -0.870. The molecule has 0 saturated heterocycles. The maximum Gasteiger partial charge on any atom is 0.272 e. The molecule has 19 heavy (non-hydrogen) atoms. The van der Waals surface area contributed by atoms with Crippen molar-refractivity contribution in [3.8, 4) is 0 Å². The van der Waals surface area contributed by atoms with E-state index in [0.29, 0.717) is 31.6 Å². The molecule has 100 valence electrons. The average molecular weight is 338 g/mol. The monoisotopic (exact) mass is 336 g/mol. The van der Waals surface area contributed by atoms with E-state index in [9.17, 15) is 4.79 Å². The molecule has 0 bridgehead atoms. The number of halogens is 4. The Balaban J connectivity index is 2.30. The summed E-state index contributed by atoms with van der Waals surface area (Å²) in [5.41, 5.74) is 0.749. The molecule has 0 spiro atoms. The highest BCUT2D eigenvalue weighted by Crippen LogP contribution is 2.28. The van der Waals surface area contributed by atoms with Gasteiger partial charge in [0.1, 0.15) is 10.8 Å². The van der Waals surface area contributed by atoms with Crippen molar-refractivity contribution in [1.29, 1.82) is 0 Å². The molecule has 7 heteroatoms. The fraction of sp³-hybridized carbons (Fsp3) is 0.0833. The van der Waals surface area contributed by atoms with Gasteiger partial charge in [-0.1, -0.05) is 46.4 Å². The van der Waals surface area contributed by atoms with Crippen molar-refractivity contribution in [2.24, 2.45) is 7.05 Å². The SMILES string of the molecule is Cn1c(C(=O)Nc2cc(Cl)ccc2Cl)cc(Cl)c1Cl. The van der Waals surface area contributed by atoms with E-state index < -0.39 is 0 Å². The van der Waals surface area contributed by atoms with Gasteiger partial charge in [0.25, 0.3) is 5.91 Å². The quantitative estimate of drug-likeness (QED) is 0.831. The number of nitrogens with one attached hydrogen (secondary N) is 1. The molecule has 0 radical (unpaired) electrons. The van der Waals surface area contributed by atoms with Crippen LogP contribution in [0.5, 0.6) is 0 Å². The van der Waals surface area contributed by atoms with Crippen molar-refractivity contribution < 1.29 is 4.79 Å². The third kappa shape index (κ3) is 3.00. The van der Waals surface area contributed by atoms with E-state index in [4.69, 9.17) is 46.4 Å². The third-order valence-corrected chi connectivity index (χ3v) is 3.93. The molecule has 0 aliphatic rings. The lowest BCUT2D eigenvalue weighted by atomic mass is 10.3. The maximum atomic E-state index is 12.1. The lowest BCUT2D eigenvalue weighted by Crippen LogP contribution is -2.15. The molecule has 0 atom stereocenters. The molecule has 1 aromatic carbocycles. The minimum Gasteiger partial charge on any atom is -0.329 e. The zero-order valence-electron chi connectivity index (χ0n) is 9.68. The van der Waals surface area contributed by atoms with Gasteiger partial charge in [0.15, 0.2) is 0 Å². The van der Waals surface area contributed by atoms with Crippen LogP contribution in [0.4, 0.5) is 5.69 Å². The number of nitrogens with zero attached hydrogens (tertiary/aromatic N) is 1. The first-order valence-electron chi connectivity index (χ1n) is 5.17. The number of anilines is 1. The Bertz CT molecular complexity index is 651. The highest BCUT2D eigenvalue weighted by Gasteiger charge is 2.16. The summed E-state index contributed by atoms with van der Waals surface area (Å²) < 4.78 is 1.48. The van der Waals surface area contributed by atoms with Crippen molar-refractivity contribution in [2.45, 2.75) is 0 Å². The Morgan fingerprint density at radius 2 is 1.79 bits per heavy atom. The van der Waals surface area contributed by atoms with Gasteiger partial charge < -0.3 is 9.88 Å². The van der Waals surface area contributed by atoms with Crippen LogP contribution in [0.3, 0.4) is 0 Å². The Morgan fingerprint density at radius 1 is 1.11 bits per heavy atom. The number of hydrogen-bond donors (Lipinski definition) is 1. The molecule has 1 heterocycles. The van der Waals surface area contributed by atoms with Gasteiger partial charge in [-0.05, 0) is 24.3 Å². The number of carbonyl (C=O) groups is 1. The standard InChI is InChI=1S/C12H8Cl4N2O/c1-18-10(5-8(15)11(18)16)12(19)17-9-4-6(13)2-3-7(9)14/h2-5H,1H3,(H,17,19). The first-order valence-corrected chi connectivity index (χ1v) is 6.68. The molecule has 2 aromatic rings. The van der Waals surface area contributed by atoms with Gasteiger partial charge in [-0.3, -0.25) is 4.79 Å². The van der Waals surface area contributed by atoms with Crippen LogP contribution in [0.2, 0.25) is 20.2 Å². The van der Waals surface area contributed by atoms with Gasteiger partial charge >= 0.3 is 0 Å². The second-order valence-electron chi connectivity index (χ2n) is 3.81. The summed E-state index contributed by atoms with van der Waals surface area (Å²) in [6.07, 6.45) is 0. The Morgan fingerprint density at radius 3 is 2.37 bits per heavy atom. The van der Waals surface area contributed by atoms with E-state index in [0.717, 1.165) is 0 Å². The van der Waals surface area contributed by atoms with Gasteiger partial charge in [0.05, 0.1) is 15.7 Å². The molecule has 1 aromatic heterocycles. The predicted molar refractivity (Wildman–Crippen MR) is 79.8 cm³/mol. The smallest absolute Gasteiger partial charge is 0.272 e. The topological polar surface area (TPSA) is 34.0 Å². The van der Waals surface area contributed by atoms with Crippen molar-refractivity contribution >= 4 is 58.0 Å². The number of benzene rings is 1. The summed E-state index contributed by atoms with van der Waals surface area (Å²) in [5, 5.41) is 4.13. The summed E-state index contributed by atoms with van der Waals surface area (Å²) in [5.74, 6) is -0.375. The molecule has 0 saturated carbocycles. The van der Waals surface area contributed by atoms with Crippen molar-refractivity contribution in [2.75, 3.05) is 5.32 Å². The van der Waals surface area contributed by atoms with E-state index in [-0.39, 0.29) is 5.91 Å². The van der Waals surface area contributed by atoms with Crippen LogP contribution in [-0.2, 0) is 7.05 Å². The van der Waals surface area contributed by atoms with E-state index in [1.54, 1.807) is 25.2 Å². The Kier molecular flexibility index (Phi) is 4.31. The van der Waals surface area contributed by atoms with E-state index >= 15 is 0 Å². The van der Waals surface area contributed by atoms with Crippen LogP contribution in [0.1, 0.15) is 10.5 Å². The zero-order chi connectivity index (χ0) is 14.2. The number of carbonyl (C=O) groups excluding carboxylic acids is 1. The van der Waals surface area contributed by atoms with Crippen LogP contribution in [0, 0.1) is 0 Å². The molecule has 1 amide bonds. The summed E-state index contributed by atoms with van der Waals surface area (Å²) >= 11 is 23.6. The molecule has 0 fully saturated rings. The molecule has 0 aliphatic carbocycles. The summed E-state index contributed by atoms with van der Waals surface area (Å²) in [6.45, 7) is 0. The number of amides is 1. The number of hydrogen-bond acceptors (Lipinski definition) is 1. The number of rotatable bonds is 2. The minimum atomic E-state index is -0.375. The lowest BCUT2D eigenvalue weighted by Gasteiger charge is -2.08. The van der Waals surface area contributed by atoms with Crippen LogP contribution in [0.25, 0.3) is 0 Å². The molecular weight excluding hydrogens is 330 g/mol. The largest absolute Gasteiger partial charge is 0.329 e. The van der Waals surface area contributed by atoms with Crippen LogP contribution in [-0.4, -0.2) is 10.5 Å². The maximum absolute atomic E-state index is 12.1. The van der Waals surface area contributed by atoms with Crippen molar-refractivity contribution in [1.82, 2.24) is 4.57 Å². The van der Waals surface area contributed by atoms with Gasteiger partial charge in [0.2, 0.25) is 0 Å². The van der Waals surface area contributed by atoms with Gasteiger partial charge in [-0.2, -0.15) is 0 Å². The van der Waals surface area contributed by atoms with Crippen LogP contribution < -0.4 is 5.32 Å². The lowest BCUT2D eigenvalue weighted by molar-refractivity contribution is 0.101. The van der Waals surface area contributed by atoms with Gasteiger partial charge in [0, 0.05) is 12.1 Å². The third-order valence-electron chi connectivity index (χ3n) is 2.53. The second-order valence-corrected chi connectivity index (χ2v) is 5.41. The summed E-state index contributed by atoms with van der Waals surface area (Å²) in [7, 11) is 1.64. The molecule has 1 N–H and O–H groups in total. The zero-order valence-corrected chi connectivity index (χ0v) is 12.7. The molecule has 0 unspecified atom stereocenters. The Labute approximate surface area is 130 Å². The predicted octanol–water partition coefficient (Wildman–Crippen LogP) is 4.89. The second kappa shape index (κ2) is 5.63. The highest BCUT2D eigenvalue weighted by atomic mass is 35.5. The van der Waals surface area contributed by atoms with E-state index in [1.165, 1.54) is 10.6 Å².